The molecule has 1 amide bonds. The van der Waals surface area contributed by atoms with Crippen molar-refractivity contribution >= 4 is 35.8 Å². The van der Waals surface area contributed by atoms with Crippen LogP contribution in [0.25, 0.3) is 5.69 Å². The van der Waals surface area contributed by atoms with Crippen LogP contribution in [0.5, 0.6) is 5.75 Å². The Balaban J connectivity index is 1.28. The molecule has 11 heteroatoms. The van der Waals surface area contributed by atoms with Crippen LogP contribution in [0.15, 0.2) is 65.7 Å². The monoisotopic (exact) mass is 555 g/mol. The topological polar surface area (TPSA) is 111 Å². The molecule has 0 radical (unpaired) electrons. The zero-order chi connectivity index (χ0) is 27.8. The molecule has 2 N–H and O–H groups in total. The van der Waals surface area contributed by atoms with E-state index in [4.69, 9.17) is 26.0 Å². The highest BCUT2D eigenvalue weighted by molar-refractivity contribution is 6.61. The molecule has 3 heterocycles. The number of nitrogens with zero attached hydrogens (tertiary/aromatic N) is 4. The van der Waals surface area contributed by atoms with E-state index in [-0.39, 0.29) is 12.3 Å². The summed E-state index contributed by atoms with van der Waals surface area (Å²) < 4.78 is 12.8. The minimum absolute atomic E-state index is 0.0943. The molecule has 0 spiro atoms. The molecule has 6 rings (SSSR count). The molecular weight excluding hydrogens is 529 g/mol. The minimum Gasteiger partial charge on any atom is -0.497 e. The second-order valence-corrected chi connectivity index (χ2v) is 10.3. The van der Waals surface area contributed by atoms with Crippen LogP contribution in [0.3, 0.4) is 0 Å². The van der Waals surface area contributed by atoms with Gasteiger partial charge in [0.15, 0.2) is 5.82 Å². The zero-order valence-electron chi connectivity index (χ0n) is 22.1. The summed E-state index contributed by atoms with van der Waals surface area (Å²) in [5, 5.41) is 22.4. The van der Waals surface area contributed by atoms with Crippen molar-refractivity contribution in [3.05, 3.63) is 99.6 Å². The van der Waals surface area contributed by atoms with Crippen molar-refractivity contribution in [3.63, 3.8) is 0 Å². The van der Waals surface area contributed by atoms with E-state index in [1.165, 1.54) is 0 Å². The smallest absolute Gasteiger partial charge is 0.491 e. The van der Waals surface area contributed by atoms with Crippen molar-refractivity contribution < 1.29 is 19.2 Å². The number of aliphatic imine (C=N–C) groups is 1. The molecule has 0 bridgehead atoms. The van der Waals surface area contributed by atoms with Crippen LogP contribution in [0.2, 0.25) is 5.02 Å². The number of rotatable bonds is 7. The van der Waals surface area contributed by atoms with Gasteiger partial charge < -0.3 is 19.7 Å². The van der Waals surface area contributed by atoms with Gasteiger partial charge in [0.2, 0.25) is 5.91 Å². The number of nitrogens with one attached hydrogen (secondary N) is 1. The second kappa shape index (κ2) is 10.9. The van der Waals surface area contributed by atoms with Gasteiger partial charge in [-0.3, -0.25) is 14.4 Å². The molecule has 2 aliphatic rings. The van der Waals surface area contributed by atoms with E-state index in [9.17, 15) is 9.82 Å². The van der Waals surface area contributed by atoms with E-state index >= 15 is 0 Å². The highest BCUT2D eigenvalue weighted by Crippen LogP contribution is 2.34. The fourth-order valence-electron chi connectivity index (χ4n) is 5.19. The molecule has 0 aliphatic carbocycles. The predicted molar refractivity (Wildman–Crippen MR) is 153 cm³/mol. The molecule has 1 aromatic heterocycles. The Morgan fingerprint density at radius 1 is 1.18 bits per heavy atom. The Morgan fingerprint density at radius 2 is 2.00 bits per heavy atom. The molecule has 9 nitrogen and oxygen atoms in total. The number of hydrogen-bond donors (Lipinski definition) is 2. The lowest BCUT2D eigenvalue weighted by Crippen LogP contribution is -2.30. The van der Waals surface area contributed by atoms with Crippen molar-refractivity contribution in [3.8, 4) is 11.4 Å². The summed E-state index contributed by atoms with van der Waals surface area (Å²) in [7, 11) is 0.733. The van der Waals surface area contributed by atoms with Crippen LogP contribution in [-0.2, 0) is 22.5 Å². The van der Waals surface area contributed by atoms with E-state index in [1.807, 2.05) is 72.2 Å². The summed E-state index contributed by atoms with van der Waals surface area (Å²) in [6.45, 7) is 2.74. The highest BCUT2D eigenvalue weighted by atomic mass is 35.5. The lowest BCUT2D eigenvalue weighted by atomic mass is 9.78. The Labute approximate surface area is 237 Å². The van der Waals surface area contributed by atoms with Gasteiger partial charge in [0.05, 0.1) is 31.5 Å². The Hall–Kier alpha value is -3.99. The van der Waals surface area contributed by atoms with Gasteiger partial charge in [-0.1, -0.05) is 41.9 Å². The maximum absolute atomic E-state index is 13.2. The Bertz CT molecular complexity index is 1620. The van der Waals surface area contributed by atoms with Crippen LogP contribution in [0.4, 0.5) is 0 Å². The third-order valence-electron chi connectivity index (χ3n) is 7.24. The van der Waals surface area contributed by atoms with E-state index < -0.39 is 13.2 Å². The summed E-state index contributed by atoms with van der Waals surface area (Å²) >= 11 is 6.18. The molecule has 3 aromatic carbocycles. The molecule has 2 aliphatic heterocycles. The number of amides is 1. The van der Waals surface area contributed by atoms with Crippen molar-refractivity contribution in [2.45, 2.75) is 32.4 Å². The first-order chi connectivity index (χ1) is 19.4. The third-order valence-corrected chi connectivity index (χ3v) is 7.49. The first kappa shape index (κ1) is 26.2. The molecule has 4 aromatic rings. The summed E-state index contributed by atoms with van der Waals surface area (Å²) in [4.78, 5) is 18.3. The van der Waals surface area contributed by atoms with Crippen molar-refractivity contribution in [2.24, 2.45) is 4.99 Å². The predicted octanol–water partition coefficient (Wildman–Crippen LogP) is 3.10. The number of methoxy groups -OCH3 is 1. The first-order valence-electron chi connectivity index (χ1n) is 13.0. The average Bonchev–Trinajstić information content (AvgIpc) is 3.49. The first-order valence-corrected chi connectivity index (χ1v) is 13.4. The molecule has 0 saturated carbocycles. The molecule has 202 valence electrons. The fraction of sp³-hybridized carbons (Fsp3) is 0.241. The average molecular weight is 556 g/mol. The van der Waals surface area contributed by atoms with Crippen molar-refractivity contribution in [2.75, 3.05) is 13.7 Å². The number of aromatic nitrogens is 3. The highest BCUT2D eigenvalue weighted by Gasteiger charge is 2.30. The number of ether oxygens (including phenoxy) is 1. The number of carbonyl (C=O) groups is 1. The summed E-state index contributed by atoms with van der Waals surface area (Å²) in [6.07, 6.45) is 0.716. The number of halogens is 1. The maximum atomic E-state index is 13.2. The summed E-state index contributed by atoms with van der Waals surface area (Å²) in [5.41, 5.74) is 6.07. The van der Waals surface area contributed by atoms with E-state index in [0.717, 1.165) is 33.4 Å². The zero-order valence-corrected chi connectivity index (χ0v) is 22.9. The third kappa shape index (κ3) is 5.01. The molecular formula is C29H27BClN5O4. The lowest BCUT2D eigenvalue weighted by molar-refractivity contribution is -0.121. The molecule has 0 saturated heterocycles. The fourth-order valence-corrected chi connectivity index (χ4v) is 5.32. The van der Waals surface area contributed by atoms with Crippen molar-refractivity contribution in [1.29, 1.82) is 0 Å². The van der Waals surface area contributed by atoms with Gasteiger partial charge >= 0.3 is 7.12 Å². The van der Waals surface area contributed by atoms with Crippen LogP contribution in [0.1, 0.15) is 46.4 Å². The van der Waals surface area contributed by atoms with E-state index in [1.54, 1.807) is 7.11 Å². The number of carbonyl (C=O) groups excluding carboxylic acids is 1. The number of fused-ring (bicyclic) bond motifs is 4. The quantitative estimate of drug-likeness (QED) is 0.339. The van der Waals surface area contributed by atoms with Gasteiger partial charge in [0.1, 0.15) is 17.6 Å². The van der Waals surface area contributed by atoms with Crippen LogP contribution >= 0.6 is 11.6 Å². The largest absolute Gasteiger partial charge is 0.497 e. The van der Waals surface area contributed by atoms with Crippen LogP contribution in [-0.4, -0.2) is 52.2 Å². The molecule has 1 atom stereocenters. The lowest BCUT2D eigenvalue weighted by Gasteiger charge is -2.14. The normalized spacial score (nSPS) is 15.6. The SMILES string of the molecule is COc1ccc2c(c1)C(c1ccc(Cl)cc1)=N[C@@H](CC(=O)NCCc1ccc3c(c1)B(O)OC3)c1nnc(C)n1-2. The van der Waals surface area contributed by atoms with Gasteiger partial charge in [-0.25, -0.2) is 0 Å². The summed E-state index contributed by atoms with van der Waals surface area (Å²) in [5.74, 6) is 1.83. The van der Waals surface area contributed by atoms with Gasteiger partial charge in [-0.05, 0) is 60.3 Å². The van der Waals surface area contributed by atoms with E-state index in [2.05, 4.69) is 15.5 Å². The molecule has 40 heavy (non-hydrogen) atoms. The molecule has 0 fully saturated rings. The second-order valence-electron chi connectivity index (χ2n) is 9.82. The maximum Gasteiger partial charge on any atom is 0.491 e. The van der Waals surface area contributed by atoms with Gasteiger partial charge in [0, 0.05) is 22.7 Å². The van der Waals surface area contributed by atoms with Gasteiger partial charge in [-0.2, -0.15) is 0 Å². The van der Waals surface area contributed by atoms with Crippen LogP contribution < -0.4 is 15.5 Å². The number of hydrogen-bond acceptors (Lipinski definition) is 7. The Kier molecular flexibility index (Phi) is 7.14. The van der Waals surface area contributed by atoms with Crippen molar-refractivity contribution in [1.82, 2.24) is 20.1 Å². The summed E-state index contributed by atoms with van der Waals surface area (Å²) in [6, 6.07) is 18.6. The minimum atomic E-state index is -0.891. The Morgan fingerprint density at radius 3 is 2.80 bits per heavy atom. The van der Waals surface area contributed by atoms with Gasteiger partial charge in [-0.15, -0.1) is 10.2 Å². The van der Waals surface area contributed by atoms with Crippen LogP contribution in [0, 0.1) is 6.92 Å². The standard InChI is InChI=1S/C29H27BClN5O4/c1-17-34-35-29-25(15-27(37)32-12-11-18-3-4-20-16-40-30(38)24(20)13-18)33-28(19-5-7-21(31)8-6-19)23-14-22(39-2)9-10-26(23)36(17)29/h3-10,13-14,25,38H,11-12,15-16H2,1-2H3,(H,32,37)/t25-/m0/s1. The molecule has 0 unspecified atom stereocenters. The van der Waals surface area contributed by atoms with Gasteiger partial charge in [0.25, 0.3) is 0 Å². The number of benzene rings is 3. The number of aryl methyl sites for hydroxylation is 1. The van der Waals surface area contributed by atoms with E-state index in [0.29, 0.717) is 47.7 Å².